The van der Waals surface area contributed by atoms with Gasteiger partial charge in [0.2, 0.25) is 12.1 Å². The van der Waals surface area contributed by atoms with E-state index in [0.717, 1.165) is 0 Å². The Balaban J connectivity index is 1.78. The molecule has 0 aromatic rings. The summed E-state index contributed by atoms with van der Waals surface area (Å²) in [5.74, 6) is -0.542. The number of aliphatic hydroxyl groups excluding tert-OH is 1. The minimum atomic E-state index is -1.37. The van der Waals surface area contributed by atoms with Crippen molar-refractivity contribution in [3.8, 4) is 0 Å². The van der Waals surface area contributed by atoms with Crippen molar-refractivity contribution >= 4 is 5.78 Å². The van der Waals surface area contributed by atoms with Crippen molar-refractivity contribution < 1.29 is 76.2 Å². The van der Waals surface area contributed by atoms with Crippen LogP contribution in [0, 0.1) is 0 Å². The number of hydrogen-bond acceptors (Lipinski definition) is 16. The summed E-state index contributed by atoms with van der Waals surface area (Å²) in [6.07, 6.45) is -12.0. The topological polar surface area (TPSA) is 167 Å². The van der Waals surface area contributed by atoms with E-state index in [-0.39, 0.29) is 19.8 Å². The van der Waals surface area contributed by atoms with Crippen LogP contribution in [0.3, 0.4) is 0 Å². The Morgan fingerprint density at radius 2 is 1.05 bits per heavy atom. The fourth-order valence-electron chi connectivity index (χ4n) is 5.88. The van der Waals surface area contributed by atoms with Crippen LogP contribution in [0.1, 0.15) is 0 Å². The largest absolute Gasteiger partial charge is 0.382 e. The lowest BCUT2D eigenvalue weighted by Gasteiger charge is -2.47. The van der Waals surface area contributed by atoms with Gasteiger partial charge in [-0.25, -0.2) is 0 Å². The van der Waals surface area contributed by atoms with Crippen LogP contribution in [-0.4, -0.2) is 181 Å². The molecule has 3 saturated heterocycles. The molecule has 3 aliphatic heterocycles. The van der Waals surface area contributed by atoms with Gasteiger partial charge >= 0.3 is 0 Å². The van der Waals surface area contributed by atoms with Crippen LogP contribution in [-0.2, 0) is 71.1 Å². The van der Waals surface area contributed by atoms with Gasteiger partial charge in [-0.15, -0.1) is 0 Å². The molecular formula is C27H48O16. The average molecular weight is 629 g/mol. The first-order valence-electron chi connectivity index (χ1n) is 13.9. The van der Waals surface area contributed by atoms with Gasteiger partial charge in [0.15, 0.2) is 12.6 Å². The van der Waals surface area contributed by atoms with E-state index in [1.54, 1.807) is 14.2 Å². The van der Waals surface area contributed by atoms with Crippen LogP contribution in [0.15, 0.2) is 0 Å². The summed E-state index contributed by atoms with van der Waals surface area (Å²) < 4.78 is 80.0. The van der Waals surface area contributed by atoms with Gasteiger partial charge in [-0.3, -0.25) is 4.79 Å². The molecule has 0 saturated carbocycles. The van der Waals surface area contributed by atoms with Crippen LogP contribution < -0.4 is 0 Å². The maximum atomic E-state index is 13.6. The maximum absolute atomic E-state index is 13.6. The summed E-state index contributed by atoms with van der Waals surface area (Å²) in [7, 11) is 13.3. The van der Waals surface area contributed by atoms with Gasteiger partial charge in [-0.05, 0) is 0 Å². The number of hydrogen-bond donors (Lipinski definition) is 1. The molecule has 0 unspecified atom stereocenters. The second kappa shape index (κ2) is 17.7. The summed E-state index contributed by atoms with van der Waals surface area (Å²) in [4.78, 5) is 13.6. The summed E-state index contributed by atoms with van der Waals surface area (Å²) >= 11 is 0. The van der Waals surface area contributed by atoms with E-state index in [1.807, 2.05) is 0 Å². The van der Waals surface area contributed by atoms with Crippen molar-refractivity contribution in [2.75, 3.05) is 83.8 Å². The average Bonchev–Trinajstić information content (AvgIpc) is 3.01. The predicted molar refractivity (Wildman–Crippen MR) is 143 cm³/mol. The fourth-order valence-corrected chi connectivity index (χ4v) is 5.88. The number of aliphatic hydroxyl groups is 1. The van der Waals surface area contributed by atoms with E-state index in [1.165, 1.54) is 49.8 Å². The molecule has 0 aliphatic carbocycles. The van der Waals surface area contributed by atoms with Gasteiger partial charge in [0.25, 0.3) is 0 Å². The highest BCUT2D eigenvalue weighted by molar-refractivity contribution is 5.87. The van der Waals surface area contributed by atoms with Crippen molar-refractivity contribution in [3.63, 3.8) is 0 Å². The molecule has 16 nitrogen and oxygen atoms in total. The van der Waals surface area contributed by atoms with Crippen molar-refractivity contribution in [1.82, 2.24) is 0 Å². The summed E-state index contributed by atoms with van der Waals surface area (Å²) in [6.45, 7) is 0.0297. The van der Waals surface area contributed by atoms with E-state index in [0.29, 0.717) is 0 Å². The standard InChI is InChI=1S/C27H48O16/c1-30-10-13-17(32-3)22(36-7)24(38-9)27(42-13)43-19-14(11-31-2)41-26(16(28)20(19)34-5)39-12-15-18(33-4)21(35-6)23(37-8)25(29)40-15/h13-15,17-27,29H,10-12H2,1-9H3/t13-,14-,15-,17-,18-,19-,20-,21+,22+,23-,24-,25-,26-,27-/m1/s1. The number of ether oxygens (including phenoxy) is 14. The third-order valence-electron chi connectivity index (χ3n) is 7.93. The van der Waals surface area contributed by atoms with Crippen molar-refractivity contribution in [2.24, 2.45) is 0 Å². The number of rotatable bonds is 16. The molecule has 0 bridgehead atoms. The number of Topliss-reactive ketones (excluding diaryl/α,β-unsaturated/α-hetero) is 1. The molecule has 3 fully saturated rings. The monoisotopic (exact) mass is 628 g/mol. The van der Waals surface area contributed by atoms with E-state index in [9.17, 15) is 9.90 Å². The highest BCUT2D eigenvalue weighted by Crippen LogP contribution is 2.33. The summed E-state index contributed by atoms with van der Waals surface area (Å²) in [5.41, 5.74) is 0. The molecule has 16 heteroatoms. The predicted octanol–water partition coefficient (Wildman–Crippen LogP) is -1.48. The lowest BCUT2D eigenvalue weighted by Crippen LogP contribution is -2.65. The molecule has 3 heterocycles. The zero-order chi connectivity index (χ0) is 31.7. The minimum Gasteiger partial charge on any atom is -0.382 e. The van der Waals surface area contributed by atoms with Gasteiger partial charge in [-0.1, -0.05) is 0 Å². The Bertz CT molecular complexity index is 820. The van der Waals surface area contributed by atoms with Crippen LogP contribution >= 0.6 is 0 Å². The summed E-state index contributed by atoms with van der Waals surface area (Å²) in [6, 6.07) is 0. The van der Waals surface area contributed by atoms with Crippen molar-refractivity contribution in [1.29, 1.82) is 0 Å². The Labute approximate surface area is 252 Å². The number of methoxy groups -OCH3 is 9. The fraction of sp³-hybridized carbons (Fsp3) is 0.963. The van der Waals surface area contributed by atoms with Gasteiger partial charge in [0.1, 0.15) is 67.1 Å². The number of carbonyl (C=O) groups is 1. The number of carbonyl (C=O) groups excluding carboxylic acids is 1. The molecule has 43 heavy (non-hydrogen) atoms. The first kappa shape index (κ1) is 36.5. The third-order valence-corrected chi connectivity index (χ3v) is 7.93. The molecule has 0 amide bonds. The van der Waals surface area contributed by atoms with E-state index >= 15 is 0 Å². The SMILES string of the molecule is COC[C@H]1O[C@H](O[C@H]2[C@H](OC)C(=O)[C@H](OC[C@H]3O[C@@H](O)[C@H](OC)[C@@H](OC)[C@@H]3OC)O[C@@H]2COC)[C@H](OC)[C@@H](OC)[C@@H]1OC. The van der Waals surface area contributed by atoms with E-state index < -0.39 is 91.8 Å². The third kappa shape index (κ3) is 8.08. The lowest BCUT2D eigenvalue weighted by molar-refractivity contribution is -0.346. The van der Waals surface area contributed by atoms with Crippen LogP contribution in [0.25, 0.3) is 0 Å². The van der Waals surface area contributed by atoms with E-state index in [2.05, 4.69) is 0 Å². The molecule has 252 valence electrons. The summed E-state index contributed by atoms with van der Waals surface area (Å²) in [5, 5.41) is 10.5. The molecule has 0 aromatic heterocycles. The highest BCUT2D eigenvalue weighted by Gasteiger charge is 2.54. The van der Waals surface area contributed by atoms with Crippen molar-refractivity contribution in [2.45, 2.75) is 86.0 Å². The first-order valence-corrected chi connectivity index (χ1v) is 13.9. The lowest BCUT2D eigenvalue weighted by atomic mass is 9.96. The zero-order valence-electron chi connectivity index (χ0n) is 26.3. The van der Waals surface area contributed by atoms with Crippen molar-refractivity contribution in [3.05, 3.63) is 0 Å². The molecule has 0 aromatic carbocycles. The number of ketones is 1. The molecule has 3 aliphatic rings. The molecule has 0 radical (unpaired) electrons. The van der Waals surface area contributed by atoms with E-state index in [4.69, 9.17) is 66.3 Å². The van der Waals surface area contributed by atoms with Gasteiger partial charge in [0.05, 0.1) is 19.8 Å². The second-order valence-electron chi connectivity index (χ2n) is 10.2. The Kier molecular flexibility index (Phi) is 15.0. The molecule has 1 N–H and O–H groups in total. The van der Waals surface area contributed by atoms with Crippen LogP contribution in [0.5, 0.6) is 0 Å². The molecule has 0 spiro atoms. The highest BCUT2D eigenvalue weighted by atomic mass is 16.8. The van der Waals surface area contributed by atoms with Gasteiger partial charge in [0, 0.05) is 64.0 Å². The van der Waals surface area contributed by atoms with Gasteiger partial charge < -0.3 is 71.4 Å². The quantitative estimate of drug-likeness (QED) is 0.210. The maximum Gasteiger partial charge on any atom is 0.221 e. The normalized spacial score (nSPS) is 42.3. The van der Waals surface area contributed by atoms with Crippen LogP contribution in [0.4, 0.5) is 0 Å². The smallest absolute Gasteiger partial charge is 0.221 e. The zero-order valence-corrected chi connectivity index (χ0v) is 26.3. The van der Waals surface area contributed by atoms with Gasteiger partial charge in [-0.2, -0.15) is 0 Å². The van der Waals surface area contributed by atoms with Crippen LogP contribution in [0.2, 0.25) is 0 Å². The second-order valence-corrected chi connectivity index (χ2v) is 10.2. The molecular weight excluding hydrogens is 580 g/mol. The Morgan fingerprint density at radius 3 is 1.53 bits per heavy atom. The Morgan fingerprint density at radius 1 is 0.558 bits per heavy atom. The molecule has 3 rings (SSSR count). The minimum absolute atomic E-state index is 0.0263. The first-order chi connectivity index (χ1) is 20.8. The Hall–Kier alpha value is -0.930. The molecule has 14 atom stereocenters.